The predicted molar refractivity (Wildman–Crippen MR) is 110 cm³/mol. The third kappa shape index (κ3) is 3.20. The van der Waals surface area contributed by atoms with Gasteiger partial charge in [0.15, 0.2) is 0 Å². The van der Waals surface area contributed by atoms with Crippen molar-refractivity contribution in [3.05, 3.63) is 82.3 Å². The van der Waals surface area contributed by atoms with Crippen LogP contribution in [0.4, 0.5) is 0 Å². The van der Waals surface area contributed by atoms with Crippen molar-refractivity contribution < 1.29 is 9.53 Å². The highest BCUT2D eigenvalue weighted by atomic mass is 32.2. The number of thioether (sulfide) groups is 1. The Hall–Kier alpha value is -2.37. The maximum absolute atomic E-state index is 12.9. The number of nitrogens with zero attached hydrogens (tertiary/aromatic N) is 1. The largest absolute Gasteiger partial charge is 0.488 e. The average Bonchev–Trinajstić information content (AvgIpc) is 2.95. The van der Waals surface area contributed by atoms with E-state index in [0.29, 0.717) is 15.8 Å². The normalized spacial score (nSPS) is 19.2. The maximum Gasteiger partial charge on any atom is 0.266 e. The van der Waals surface area contributed by atoms with Crippen LogP contribution in [-0.2, 0) is 4.79 Å². The highest BCUT2D eigenvalue weighted by Crippen LogP contribution is 2.38. The molecule has 1 fully saturated rings. The molecule has 3 nitrogen and oxygen atoms in total. The first kappa shape index (κ1) is 17.1. The molecule has 0 N–H and O–H groups in total. The van der Waals surface area contributed by atoms with Crippen LogP contribution in [0.5, 0.6) is 5.75 Å². The third-order valence-corrected chi connectivity index (χ3v) is 5.79. The summed E-state index contributed by atoms with van der Waals surface area (Å²) in [4.78, 5) is 15.3. The van der Waals surface area contributed by atoms with Gasteiger partial charge in [0, 0.05) is 5.56 Å². The molecule has 2 aromatic carbocycles. The van der Waals surface area contributed by atoms with Gasteiger partial charge in [-0.1, -0.05) is 72.5 Å². The molecule has 130 valence electrons. The lowest BCUT2D eigenvalue weighted by Gasteiger charge is -2.23. The van der Waals surface area contributed by atoms with E-state index in [-0.39, 0.29) is 11.9 Å². The fourth-order valence-corrected chi connectivity index (χ4v) is 4.51. The zero-order valence-electron chi connectivity index (χ0n) is 14.2. The molecule has 4 rings (SSSR count). The summed E-state index contributed by atoms with van der Waals surface area (Å²) in [6, 6.07) is 17.7. The molecule has 1 amide bonds. The lowest BCUT2D eigenvalue weighted by Crippen LogP contribution is -2.31. The summed E-state index contributed by atoms with van der Waals surface area (Å²) in [6.45, 7) is 2.46. The van der Waals surface area contributed by atoms with Gasteiger partial charge in [-0.2, -0.15) is 0 Å². The molecule has 2 aliphatic rings. The van der Waals surface area contributed by atoms with E-state index < -0.39 is 0 Å². The second kappa shape index (κ2) is 7.09. The highest BCUT2D eigenvalue weighted by molar-refractivity contribution is 8.26. The van der Waals surface area contributed by atoms with Gasteiger partial charge in [0.25, 0.3) is 5.91 Å². The van der Waals surface area contributed by atoms with Gasteiger partial charge in [0.05, 0.1) is 10.9 Å². The summed E-state index contributed by atoms with van der Waals surface area (Å²) in [5.74, 6) is 0.825. The van der Waals surface area contributed by atoms with Gasteiger partial charge in [0.2, 0.25) is 0 Å². The van der Waals surface area contributed by atoms with Gasteiger partial charge in [-0.25, -0.2) is 0 Å². The molecule has 0 aromatic heterocycles. The Morgan fingerprint density at radius 2 is 1.88 bits per heavy atom. The number of carbonyl (C=O) groups excluding carboxylic acids is 1. The SMILES string of the molecule is C[C@H](c1ccccc1)N1C(=O)/C(=C/C2=Cc3ccccc3OC2)SC1=S. The summed E-state index contributed by atoms with van der Waals surface area (Å²) in [5, 5.41) is 0. The minimum atomic E-state index is -0.0908. The molecule has 0 unspecified atom stereocenters. The van der Waals surface area contributed by atoms with Crippen molar-refractivity contribution in [2.24, 2.45) is 0 Å². The van der Waals surface area contributed by atoms with Crippen LogP contribution >= 0.6 is 24.0 Å². The average molecular weight is 380 g/mol. The molecular formula is C21H17NO2S2. The van der Waals surface area contributed by atoms with Gasteiger partial charge in [-0.3, -0.25) is 9.69 Å². The second-order valence-corrected chi connectivity index (χ2v) is 7.86. The molecule has 0 spiro atoms. The van der Waals surface area contributed by atoms with Crippen molar-refractivity contribution in [3.63, 3.8) is 0 Å². The molecule has 1 atom stereocenters. The molecular weight excluding hydrogens is 362 g/mol. The Balaban J connectivity index is 1.60. The Kier molecular flexibility index (Phi) is 4.66. The van der Waals surface area contributed by atoms with Crippen molar-refractivity contribution in [2.75, 3.05) is 6.61 Å². The molecule has 0 bridgehead atoms. The zero-order chi connectivity index (χ0) is 18.1. The van der Waals surface area contributed by atoms with Gasteiger partial charge in [0.1, 0.15) is 16.7 Å². The molecule has 5 heteroatoms. The third-order valence-electron chi connectivity index (χ3n) is 4.46. The number of fused-ring (bicyclic) bond motifs is 1. The Morgan fingerprint density at radius 1 is 1.15 bits per heavy atom. The molecule has 0 radical (unpaired) electrons. The molecule has 1 saturated heterocycles. The van der Waals surface area contributed by atoms with E-state index in [9.17, 15) is 4.79 Å². The molecule has 0 aliphatic carbocycles. The Labute approximate surface area is 162 Å². The predicted octanol–water partition coefficient (Wildman–Crippen LogP) is 4.97. The van der Waals surface area contributed by atoms with Gasteiger partial charge < -0.3 is 4.74 Å². The van der Waals surface area contributed by atoms with Crippen LogP contribution in [-0.4, -0.2) is 21.7 Å². The summed E-state index contributed by atoms with van der Waals surface area (Å²) < 4.78 is 6.37. The van der Waals surface area contributed by atoms with E-state index in [2.05, 4.69) is 6.08 Å². The monoisotopic (exact) mass is 379 g/mol. The minimum Gasteiger partial charge on any atom is -0.488 e. The molecule has 2 aromatic rings. The van der Waals surface area contributed by atoms with Crippen LogP contribution in [0.25, 0.3) is 6.08 Å². The topological polar surface area (TPSA) is 29.5 Å². The van der Waals surface area contributed by atoms with Crippen LogP contribution in [0.3, 0.4) is 0 Å². The van der Waals surface area contributed by atoms with E-state index in [4.69, 9.17) is 17.0 Å². The number of ether oxygens (including phenoxy) is 1. The number of para-hydroxylation sites is 1. The minimum absolute atomic E-state index is 0.0453. The number of amides is 1. The highest BCUT2D eigenvalue weighted by Gasteiger charge is 2.36. The van der Waals surface area contributed by atoms with Gasteiger partial charge in [-0.15, -0.1) is 0 Å². The number of benzene rings is 2. The first-order valence-corrected chi connectivity index (χ1v) is 9.60. The first-order chi connectivity index (χ1) is 12.6. The van der Waals surface area contributed by atoms with E-state index >= 15 is 0 Å². The molecule has 2 aliphatic heterocycles. The van der Waals surface area contributed by atoms with Crippen LogP contribution in [0, 0.1) is 0 Å². The van der Waals surface area contributed by atoms with Crippen LogP contribution in [0.15, 0.2) is 71.2 Å². The number of rotatable bonds is 3. The van der Waals surface area contributed by atoms with Crippen molar-refractivity contribution in [3.8, 4) is 5.75 Å². The Morgan fingerprint density at radius 3 is 2.69 bits per heavy atom. The number of hydrogen-bond acceptors (Lipinski definition) is 4. The van der Waals surface area contributed by atoms with E-state index in [0.717, 1.165) is 22.4 Å². The number of thiocarbonyl (C=S) groups is 1. The fourth-order valence-electron chi connectivity index (χ4n) is 3.08. The van der Waals surface area contributed by atoms with Crippen molar-refractivity contribution in [2.45, 2.75) is 13.0 Å². The first-order valence-electron chi connectivity index (χ1n) is 8.38. The smallest absolute Gasteiger partial charge is 0.266 e. The quantitative estimate of drug-likeness (QED) is 0.556. The fraction of sp³-hybridized carbons (Fsp3) is 0.143. The second-order valence-electron chi connectivity index (χ2n) is 6.18. The van der Waals surface area contributed by atoms with Crippen molar-refractivity contribution in [1.82, 2.24) is 4.90 Å². The molecule has 2 heterocycles. The van der Waals surface area contributed by atoms with Crippen molar-refractivity contribution >= 4 is 40.3 Å². The van der Waals surface area contributed by atoms with E-state index in [1.165, 1.54) is 11.8 Å². The summed E-state index contributed by atoms with van der Waals surface area (Å²) in [7, 11) is 0. The van der Waals surface area contributed by atoms with Crippen LogP contribution < -0.4 is 4.74 Å². The van der Waals surface area contributed by atoms with Gasteiger partial charge >= 0.3 is 0 Å². The number of hydrogen-bond donors (Lipinski definition) is 0. The Bertz CT molecular complexity index is 934. The van der Waals surface area contributed by atoms with Crippen molar-refractivity contribution in [1.29, 1.82) is 0 Å². The van der Waals surface area contributed by atoms with Crippen LogP contribution in [0.1, 0.15) is 24.1 Å². The standard InChI is InChI=1S/C21H17NO2S2/c1-14(16-7-3-2-4-8-16)22-20(23)19(26-21(22)25)12-15-11-17-9-5-6-10-18(17)24-13-15/h2-12,14H,13H2,1H3/b19-12-/t14-/m1/s1. The zero-order valence-corrected chi connectivity index (χ0v) is 15.8. The van der Waals surface area contributed by atoms with E-state index in [1.807, 2.05) is 67.6 Å². The van der Waals surface area contributed by atoms with E-state index in [1.54, 1.807) is 4.90 Å². The summed E-state index contributed by atoms with van der Waals surface area (Å²) in [6.07, 6.45) is 3.96. The molecule has 26 heavy (non-hydrogen) atoms. The summed E-state index contributed by atoms with van der Waals surface area (Å²) >= 11 is 6.83. The van der Waals surface area contributed by atoms with Gasteiger partial charge in [-0.05, 0) is 36.3 Å². The lowest BCUT2D eigenvalue weighted by molar-refractivity contribution is -0.123. The van der Waals surface area contributed by atoms with Crippen LogP contribution in [0.2, 0.25) is 0 Å². The lowest BCUT2D eigenvalue weighted by atomic mass is 10.1. The maximum atomic E-state index is 12.9. The molecule has 0 saturated carbocycles. The summed E-state index contributed by atoms with van der Waals surface area (Å²) in [5.41, 5.74) is 3.06. The number of carbonyl (C=O) groups is 1.